The van der Waals surface area contributed by atoms with Gasteiger partial charge in [-0.3, -0.25) is 4.90 Å². The maximum absolute atomic E-state index is 13.3. The molecule has 1 aliphatic rings. The van der Waals surface area contributed by atoms with Crippen molar-refractivity contribution in [1.29, 1.82) is 0 Å². The zero-order valence-electron chi connectivity index (χ0n) is 14.0. The maximum Gasteiger partial charge on any atom is 0.244 e. The average Bonchev–Trinajstić information content (AvgIpc) is 2.83. The fraction of sp³-hybridized carbons (Fsp3) is 0.333. The Bertz CT molecular complexity index is 877. The molecule has 0 aliphatic carbocycles. The highest BCUT2D eigenvalue weighted by atomic mass is 79.9. The van der Waals surface area contributed by atoms with Gasteiger partial charge in [-0.2, -0.15) is 4.31 Å². The van der Waals surface area contributed by atoms with Crippen LogP contribution >= 0.6 is 27.5 Å². The lowest BCUT2D eigenvalue weighted by Crippen LogP contribution is -2.35. The van der Waals surface area contributed by atoms with Crippen LogP contribution in [-0.4, -0.2) is 43.8 Å². The molecule has 4 nitrogen and oxygen atoms in total. The van der Waals surface area contributed by atoms with Crippen molar-refractivity contribution in [2.45, 2.75) is 17.9 Å². The van der Waals surface area contributed by atoms with Gasteiger partial charge in [0, 0.05) is 35.7 Å². The fourth-order valence-corrected chi connectivity index (χ4v) is 5.62. The standard InChI is InChI=1S/C18H19BrClFN2O2S/c19-17-12-16(21)6-7-18(17)26(24,25)23-9-1-8-22(10-11-23)13-14-2-4-15(20)5-3-14/h2-7,12H,1,8-11,13H2. The molecule has 2 aromatic carbocycles. The van der Waals surface area contributed by atoms with E-state index < -0.39 is 15.8 Å². The van der Waals surface area contributed by atoms with Gasteiger partial charge in [0.25, 0.3) is 0 Å². The van der Waals surface area contributed by atoms with E-state index in [1.54, 1.807) is 0 Å². The fourth-order valence-electron chi connectivity index (χ4n) is 3.02. The van der Waals surface area contributed by atoms with Crippen LogP contribution < -0.4 is 0 Å². The quantitative estimate of drug-likeness (QED) is 0.687. The number of halogens is 3. The van der Waals surface area contributed by atoms with Gasteiger partial charge in [-0.05, 0) is 64.8 Å². The molecule has 8 heteroatoms. The second-order valence-corrected chi connectivity index (χ2v) is 9.43. The zero-order chi connectivity index (χ0) is 18.7. The van der Waals surface area contributed by atoms with Gasteiger partial charge in [0.05, 0.1) is 4.90 Å². The second-order valence-electron chi connectivity index (χ2n) is 6.23. The molecule has 1 fully saturated rings. The van der Waals surface area contributed by atoms with Crippen LogP contribution in [0, 0.1) is 5.82 Å². The van der Waals surface area contributed by atoms with Crippen LogP contribution in [0.15, 0.2) is 51.8 Å². The summed E-state index contributed by atoms with van der Waals surface area (Å²) in [7, 11) is -3.66. The summed E-state index contributed by atoms with van der Waals surface area (Å²) in [5.74, 6) is -0.471. The molecule has 0 saturated carbocycles. The molecule has 0 bridgehead atoms. The summed E-state index contributed by atoms with van der Waals surface area (Å²) in [6, 6.07) is 11.3. The van der Waals surface area contributed by atoms with Crippen molar-refractivity contribution in [3.63, 3.8) is 0 Å². The van der Waals surface area contributed by atoms with Crippen LogP contribution in [0.2, 0.25) is 5.02 Å². The third-order valence-corrected chi connectivity index (χ3v) is 7.51. The summed E-state index contributed by atoms with van der Waals surface area (Å²) in [6.07, 6.45) is 0.742. The first-order valence-corrected chi connectivity index (χ1v) is 10.9. The van der Waals surface area contributed by atoms with E-state index in [1.807, 2.05) is 24.3 Å². The van der Waals surface area contributed by atoms with Crippen LogP contribution in [0.4, 0.5) is 4.39 Å². The number of benzene rings is 2. The highest BCUT2D eigenvalue weighted by Crippen LogP contribution is 2.26. The van der Waals surface area contributed by atoms with Crippen molar-refractivity contribution in [3.8, 4) is 0 Å². The largest absolute Gasteiger partial charge is 0.298 e. The lowest BCUT2D eigenvalue weighted by Gasteiger charge is -2.22. The van der Waals surface area contributed by atoms with Gasteiger partial charge in [-0.1, -0.05) is 23.7 Å². The molecule has 0 unspecified atom stereocenters. The Kier molecular flexibility index (Phi) is 6.35. The molecule has 3 rings (SSSR count). The highest BCUT2D eigenvalue weighted by molar-refractivity contribution is 9.10. The van der Waals surface area contributed by atoms with Crippen molar-refractivity contribution in [3.05, 3.63) is 63.3 Å². The summed E-state index contributed by atoms with van der Waals surface area (Å²) in [6.45, 7) is 3.06. The Morgan fingerprint density at radius 1 is 1.04 bits per heavy atom. The predicted molar refractivity (Wildman–Crippen MR) is 104 cm³/mol. The van der Waals surface area contributed by atoms with E-state index in [2.05, 4.69) is 20.8 Å². The summed E-state index contributed by atoms with van der Waals surface area (Å²) in [4.78, 5) is 2.34. The lowest BCUT2D eigenvalue weighted by atomic mass is 10.2. The summed E-state index contributed by atoms with van der Waals surface area (Å²) in [5.41, 5.74) is 1.15. The van der Waals surface area contributed by atoms with Gasteiger partial charge in [-0.25, -0.2) is 12.8 Å². The first-order chi connectivity index (χ1) is 12.4. The third-order valence-electron chi connectivity index (χ3n) is 4.38. The highest BCUT2D eigenvalue weighted by Gasteiger charge is 2.28. The van der Waals surface area contributed by atoms with Gasteiger partial charge in [-0.15, -0.1) is 0 Å². The Morgan fingerprint density at radius 2 is 1.77 bits per heavy atom. The number of hydrogen-bond donors (Lipinski definition) is 0. The molecule has 26 heavy (non-hydrogen) atoms. The molecule has 0 aromatic heterocycles. The van der Waals surface area contributed by atoms with E-state index in [9.17, 15) is 12.8 Å². The molecule has 140 valence electrons. The van der Waals surface area contributed by atoms with Crippen LogP contribution in [-0.2, 0) is 16.6 Å². The predicted octanol–water partition coefficient (Wildman–Crippen LogP) is 4.14. The minimum atomic E-state index is -3.66. The first-order valence-electron chi connectivity index (χ1n) is 8.28. The first kappa shape index (κ1) is 19.8. The molecule has 0 amide bonds. The summed E-state index contributed by atoms with van der Waals surface area (Å²) < 4.78 is 40.8. The van der Waals surface area contributed by atoms with E-state index in [0.717, 1.165) is 25.1 Å². The molecule has 0 spiro atoms. The van der Waals surface area contributed by atoms with E-state index in [4.69, 9.17) is 11.6 Å². The topological polar surface area (TPSA) is 40.6 Å². The normalized spacial score (nSPS) is 17.2. The molecule has 2 aromatic rings. The second kappa shape index (κ2) is 8.35. The van der Waals surface area contributed by atoms with Gasteiger partial charge < -0.3 is 0 Å². The van der Waals surface area contributed by atoms with E-state index >= 15 is 0 Å². The van der Waals surface area contributed by atoms with Crippen LogP contribution in [0.1, 0.15) is 12.0 Å². The Hall–Kier alpha value is -0.990. The minimum absolute atomic E-state index is 0.102. The monoisotopic (exact) mass is 460 g/mol. The summed E-state index contributed by atoms with van der Waals surface area (Å²) in [5, 5.41) is 0.701. The van der Waals surface area contributed by atoms with Crippen molar-refractivity contribution in [2.75, 3.05) is 26.2 Å². The molecule has 1 aliphatic heterocycles. The molecule has 0 N–H and O–H groups in total. The van der Waals surface area contributed by atoms with E-state index in [-0.39, 0.29) is 9.37 Å². The smallest absolute Gasteiger partial charge is 0.244 e. The Balaban J connectivity index is 1.70. The van der Waals surface area contributed by atoms with Gasteiger partial charge >= 0.3 is 0 Å². The molecule has 0 atom stereocenters. The molecular formula is C18H19BrClFN2O2S. The number of nitrogens with zero attached hydrogens (tertiary/aromatic N) is 2. The summed E-state index contributed by atoms with van der Waals surface area (Å²) >= 11 is 9.08. The molecule has 1 heterocycles. The SMILES string of the molecule is O=S(=O)(c1ccc(F)cc1Br)N1CCCN(Cc2ccc(Cl)cc2)CC1. The maximum atomic E-state index is 13.3. The van der Waals surface area contributed by atoms with Crippen LogP contribution in [0.5, 0.6) is 0 Å². The van der Waals surface area contributed by atoms with Crippen LogP contribution in [0.3, 0.4) is 0 Å². The molecular weight excluding hydrogens is 443 g/mol. The molecule has 1 saturated heterocycles. The van der Waals surface area contributed by atoms with Gasteiger partial charge in [0.2, 0.25) is 10.0 Å². The average molecular weight is 462 g/mol. The van der Waals surface area contributed by atoms with Crippen LogP contribution in [0.25, 0.3) is 0 Å². The van der Waals surface area contributed by atoms with E-state index in [1.165, 1.54) is 22.5 Å². The van der Waals surface area contributed by atoms with Crippen molar-refractivity contribution in [1.82, 2.24) is 9.21 Å². The zero-order valence-corrected chi connectivity index (χ0v) is 17.2. The van der Waals surface area contributed by atoms with Crippen molar-refractivity contribution in [2.24, 2.45) is 0 Å². The number of hydrogen-bond acceptors (Lipinski definition) is 3. The number of rotatable bonds is 4. The molecule has 0 radical (unpaired) electrons. The minimum Gasteiger partial charge on any atom is -0.298 e. The Labute approximate surface area is 166 Å². The Morgan fingerprint density at radius 3 is 2.46 bits per heavy atom. The van der Waals surface area contributed by atoms with Gasteiger partial charge in [0.15, 0.2) is 0 Å². The van der Waals surface area contributed by atoms with Gasteiger partial charge in [0.1, 0.15) is 5.82 Å². The van der Waals surface area contributed by atoms with Crippen molar-refractivity contribution < 1.29 is 12.8 Å². The third kappa shape index (κ3) is 4.64. The number of sulfonamides is 1. The van der Waals surface area contributed by atoms with E-state index in [0.29, 0.717) is 24.7 Å². The van der Waals surface area contributed by atoms with Crippen molar-refractivity contribution >= 4 is 37.6 Å². The lowest BCUT2D eigenvalue weighted by molar-refractivity contribution is 0.278.